The largest absolute Gasteiger partial charge is 0.444 e. The number of nitrogens with zero attached hydrogens (tertiary/aromatic N) is 5. The van der Waals surface area contributed by atoms with Crippen LogP contribution in [-0.4, -0.2) is 26.5 Å². The van der Waals surface area contributed by atoms with E-state index in [0.717, 1.165) is 41.9 Å². The molecular weight excluding hydrogens is 370 g/mol. The molecule has 4 rings (SSSR count). The molecule has 28 heavy (non-hydrogen) atoms. The Bertz CT molecular complexity index is 983. The molecule has 3 aromatic heterocycles. The second-order valence-corrected chi connectivity index (χ2v) is 7.01. The van der Waals surface area contributed by atoms with Gasteiger partial charge in [-0.25, -0.2) is 19.9 Å². The van der Waals surface area contributed by atoms with Gasteiger partial charge in [0.25, 0.3) is 0 Å². The van der Waals surface area contributed by atoms with Crippen molar-refractivity contribution in [2.75, 3.05) is 11.4 Å². The van der Waals surface area contributed by atoms with Crippen molar-refractivity contribution in [1.82, 2.24) is 19.9 Å². The van der Waals surface area contributed by atoms with Gasteiger partial charge < -0.3 is 9.32 Å². The molecule has 0 bridgehead atoms. The van der Waals surface area contributed by atoms with E-state index >= 15 is 0 Å². The van der Waals surface area contributed by atoms with Gasteiger partial charge >= 0.3 is 0 Å². The molecule has 0 saturated heterocycles. The fourth-order valence-electron chi connectivity index (χ4n) is 2.80. The lowest BCUT2D eigenvalue weighted by Gasteiger charge is -2.21. The Hall–Kier alpha value is -3.06. The number of hydrogen-bond acceptors (Lipinski definition) is 7. The minimum absolute atomic E-state index is 0.565. The Balaban J connectivity index is 1.53. The predicted octanol–water partition coefficient (Wildman–Crippen LogP) is 4.20. The maximum absolute atomic E-state index is 5.68. The third-order valence-electron chi connectivity index (χ3n) is 4.38. The molecule has 6 nitrogen and oxygen atoms in total. The molecule has 0 aliphatic rings. The summed E-state index contributed by atoms with van der Waals surface area (Å²) in [6, 6.07) is 9.89. The van der Waals surface area contributed by atoms with Crippen LogP contribution in [0.25, 0.3) is 11.5 Å². The Kier molecular flexibility index (Phi) is 5.72. The first kappa shape index (κ1) is 18.3. The van der Waals surface area contributed by atoms with Gasteiger partial charge in [0.2, 0.25) is 11.8 Å². The monoisotopic (exact) mass is 390 g/mol. The first-order valence-corrected chi connectivity index (χ1v) is 10.1. The zero-order valence-electron chi connectivity index (χ0n) is 15.6. The molecule has 4 aromatic rings. The summed E-state index contributed by atoms with van der Waals surface area (Å²) in [4.78, 5) is 20.1. The molecule has 0 spiro atoms. The van der Waals surface area contributed by atoms with E-state index in [9.17, 15) is 0 Å². The number of anilines is 1. The van der Waals surface area contributed by atoms with E-state index in [1.54, 1.807) is 6.26 Å². The molecule has 0 amide bonds. The minimum Gasteiger partial charge on any atom is -0.444 e. The van der Waals surface area contributed by atoms with Crippen molar-refractivity contribution in [3.8, 4) is 11.5 Å². The topological polar surface area (TPSA) is 67.9 Å². The first-order chi connectivity index (χ1) is 13.8. The molecule has 0 aliphatic carbocycles. The molecule has 0 aliphatic heterocycles. The number of aryl methyl sites for hydroxylation is 1. The average Bonchev–Trinajstić information content (AvgIpc) is 3.44. The standard InChI is InChI=1S/C21H20N5OS/c1-2-16-10-22-21(23-11-16)26(9-8-18-14-28-15-24-18)12-19-13-27-20(25-19)17-6-4-3-5-7-17/h3-7,10-11,13-14H,2,8-9,12H2,1H3. The highest BCUT2D eigenvalue weighted by Gasteiger charge is 2.15. The van der Waals surface area contributed by atoms with Gasteiger partial charge in [0.05, 0.1) is 17.9 Å². The summed E-state index contributed by atoms with van der Waals surface area (Å²) >= 11 is 1.48. The Labute approximate surface area is 168 Å². The van der Waals surface area contributed by atoms with Crippen molar-refractivity contribution in [2.24, 2.45) is 0 Å². The fraction of sp³-hybridized carbons (Fsp3) is 0.238. The van der Waals surface area contributed by atoms with Gasteiger partial charge in [-0.3, -0.25) is 0 Å². The van der Waals surface area contributed by atoms with Crippen LogP contribution in [0, 0.1) is 5.51 Å². The predicted molar refractivity (Wildman–Crippen MR) is 109 cm³/mol. The molecule has 0 N–H and O–H groups in total. The summed E-state index contributed by atoms with van der Waals surface area (Å²) < 4.78 is 5.68. The van der Waals surface area contributed by atoms with Gasteiger partial charge in [0, 0.05) is 36.3 Å². The summed E-state index contributed by atoms with van der Waals surface area (Å²) in [7, 11) is 0. The zero-order valence-corrected chi connectivity index (χ0v) is 16.4. The van der Waals surface area contributed by atoms with Crippen LogP contribution in [0.15, 0.2) is 58.8 Å². The van der Waals surface area contributed by atoms with Gasteiger partial charge in [-0.05, 0) is 24.1 Å². The fourth-order valence-corrected chi connectivity index (χ4v) is 3.33. The zero-order chi connectivity index (χ0) is 19.2. The second kappa shape index (κ2) is 8.75. The third kappa shape index (κ3) is 4.43. The lowest BCUT2D eigenvalue weighted by Crippen LogP contribution is -2.27. The number of benzene rings is 1. The van der Waals surface area contributed by atoms with Crippen LogP contribution in [0.2, 0.25) is 0 Å². The molecule has 141 valence electrons. The van der Waals surface area contributed by atoms with Crippen molar-refractivity contribution >= 4 is 17.3 Å². The molecule has 3 heterocycles. The number of oxazole rings is 1. The second-order valence-electron chi connectivity index (χ2n) is 6.36. The summed E-state index contributed by atoms with van der Waals surface area (Å²) in [6.07, 6.45) is 7.17. The molecule has 7 heteroatoms. The molecule has 1 radical (unpaired) electrons. The van der Waals surface area contributed by atoms with E-state index in [1.807, 2.05) is 48.1 Å². The number of hydrogen-bond donors (Lipinski definition) is 0. The number of aromatic nitrogens is 4. The van der Waals surface area contributed by atoms with Crippen molar-refractivity contribution in [3.63, 3.8) is 0 Å². The molecular formula is C21H20N5OS. The van der Waals surface area contributed by atoms with Crippen molar-refractivity contribution in [2.45, 2.75) is 26.3 Å². The highest BCUT2D eigenvalue weighted by atomic mass is 32.1. The summed E-state index contributed by atoms with van der Waals surface area (Å²) in [5, 5.41) is 2.02. The van der Waals surface area contributed by atoms with Crippen molar-refractivity contribution < 1.29 is 4.42 Å². The number of rotatable bonds is 8. The van der Waals surface area contributed by atoms with E-state index in [1.165, 1.54) is 11.3 Å². The van der Waals surface area contributed by atoms with E-state index < -0.39 is 0 Å². The highest BCUT2D eigenvalue weighted by Crippen LogP contribution is 2.20. The summed E-state index contributed by atoms with van der Waals surface area (Å²) in [5.74, 6) is 1.30. The highest BCUT2D eigenvalue weighted by molar-refractivity contribution is 7.07. The Morgan fingerprint density at radius 1 is 1.11 bits per heavy atom. The van der Waals surface area contributed by atoms with Gasteiger partial charge in [-0.1, -0.05) is 25.1 Å². The van der Waals surface area contributed by atoms with Crippen LogP contribution >= 0.6 is 11.3 Å². The van der Waals surface area contributed by atoms with Gasteiger partial charge in [0.1, 0.15) is 6.26 Å². The lowest BCUT2D eigenvalue weighted by molar-refractivity contribution is 0.571. The van der Waals surface area contributed by atoms with Crippen LogP contribution < -0.4 is 4.90 Å². The average molecular weight is 390 g/mol. The maximum Gasteiger partial charge on any atom is 0.226 e. The molecule has 0 unspecified atom stereocenters. The van der Waals surface area contributed by atoms with Crippen LogP contribution in [0.1, 0.15) is 23.9 Å². The van der Waals surface area contributed by atoms with Gasteiger partial charge in [-0.2, -0.15) is 0 Å². The number of thiazole rings is 1. The quantitative estimate of drug-likeness (QED) is 0.449. The SMILES string of the molecule is CCc1cnc(N(CCc2cs[c]n2)Cc2coc(-c3ccccc3)n2)nc1. The molecule has 1 aromatic carbocycles. The molecule has 0 saturated carbocycles. The van der Waals surface area contributed by atoms with Crippen LogP contribution in [0.4, 0.5) is 5.95 Å². The smallest absolute Gasteiger partial charge is 0.226 e. The van der Waals surface area contributed by atoms with E-state index in [-0.39, 0.29) is 0 Å². The van der Waals surface area contributed by atoms with Crippen LogP contribution in [-0.2, 0) is 19.4 Å². The van der Waals surface area contributed by atoms with Crippen molar-refractivity contribution in [3.05, 3.63) is 76.8 Å². The van der Waals surface area contributed by atoms with Gasteiger partial charge in [-0.15, -0.1) is 11.3 Å². The Morgan fingerprint density at radius 2 is 1.93 bits per heavy atom. The Morgan fingerprint density at radius 3 is 2.64 bits per heavy atom. The van der Waals surface area contributed by atoms with E-state index in [0.29, 0.717) is 18.4 Å². The minimum atomic E-state index is 0.565. The molecule has 0 atom stereocenters. The lowest BCUT2D eigenvalue weighted by atomic mass is 10.2. The van der Waals surface area contributed by atoms with Crippen LogP contribution in [0.3, 0.4) is 0 Å². The van der Waals surface area contributed by atoms with Crippen LogP contribution in [0.5, 0.6) is 0 Å². The summed E-state index contributed by atoms with van der Waals surface area (Å²) in [5.41, 5.74) is 6.83. The third-order valence-corrected chi connectivity index (χ3v) is 4.97. The van der Waals surface area contributed by atoms with Gasteiger partial charge in [0.15, 0.2) is 5.51 Å². The molecule has 0 fully saturated rings. The maximum atomic E-state index is 5.68. The van der Waals surface area contributed by atoms with E-state index in [2.05, 4.69) is 37.3 Å². The van der Waals surface area contributed by atoms with Crippen molar-refractivity contribution in [1.29, 1.82) is 0 Å². The summed E-state index contributed by atoms with van der Waals surface area (Å²) in [6.45, 7) is 3.39. The normalized spacial score (nSPS) is 10.9. The first-order valence-electron chi connectivity index (χ1n) is 9.18. The van der Waals surface area contributed by atoms with E-state index in [4.69, 9.17) is 4.42 Å².